The fourth-order valence-electron chi connectivity index (χ4n) is 7.32. The second-order valence-corrected chi connectivity index (χ2v) is 12.3. The van der Waals surface area contributed by atoms with Crippen LogP contribution in [0, 0.1) is 30.6 Å². The maximum absolute atomic E-state index is 13.7. The van der Waals surface area contributed by atoms with Crippen LogP contribution in [0.25, 0.3) is 0 Å². The summed E-state index contributed by atoms with van der Waals surface area (Å²) < 4.78 is 0. The Kier molecular flexibility index (Phi) is 10.5. The van der Waals surface area contributed by atoms with E-state index >= 15 is 0 Å². The molecule has 1 saturated carbocycles. The fraction of sp³-hybridized carbons (Fsp3) is 0.727. The molecule has 0 N–H and O–H groups in total. The number of ketones is 3. The Morgan fingerprint density at radius 1 is 1.03 bits per heavy atom. The van der Waals surface area contributed by atoms with Gasteiger partial charge in [0.2, 0.25) is 0 Å². The first-order valence-corrected chi connectivity index (χ1v) is 14.9. The minimum atomic E-state index is -0.0745. The van der Waals surface area contributed by atoms with Gasteiger partial charge in [-0.25, -0.2) is 0 Å². The average molecular weight is 495 g/mol. The average Bonchev–Trinajstić information content (AvgIpc) is 2.81. The van der Waals surface area contributed by atoms with Crippen LogP contribution in [0.2, 0.25) is 0 Å². The van der Waals surface area contributed by atoms with E-state index in [0.29, 0.717) is 18.1 Å². The van der Waals surface area contributed by atoms with Crippen molar-refractivity contribution >= 4 is 17.3 Å². The summed E-state index contributed by atoms with van der Waals surface area (Å²) in [5.74, 6) is 1.97. The Bertz CT molecular complexity index is 935. The molecule has 0 spiro atoms. The highest BCUT2D eigenvalue weighted by atomic mass is 16.1. The van der Waals surface area contributed by atoms with Crippen LogP contribution in [0.3, 0.4) is 0 Å². The van der Waals surface area contributed by atoms with E-state index in [9.17, 15) is 14.4 Å². The van der Waals surface area contributed by atoms with E-state index in [1.807, 2.05) is 0 Å². The number of hydrogen-bond acceptors (Lipinski definition) is 3. The number of fused-ring (bicyclic) bond motifs is 1. The number of carbonyl (C=O) groups is 3. The van der Waals surface area contributed by atoms with Crippen LogP contribution >= 0.6 is 0 Å². The number of Topliss-reactive ketones (excluding diaryl/α,β-unsaturated/α-hetero) is 3. The molecule has 36 heavy (non-hydrogen) atoms. The predicted molar refractivity (Wildman–Crippen MR) is 149 cm³/mol. The quantitative estimate of drug-likeness (QED) is 0.274. The topological polar surface area (TPSA) is 51.2 Å². The Morgan fingerprint density at radius 2 is 1.72 bits per heavy atom. The molecule has 0 radical (unpaired) electrons. The molecule has 3 rings (SSSR count). The maximum atomic E-state index is 13.7. The first kappa shape index (κ1) is 28.8. The van der Waals surface area contributed by atoms with Gasteiger partial charge in [-0.15, -0.1) is 0 Å². The summed E-state index contributed by atoms with van der Waals surface area (Å²) in [5.41, 5.74) is 6.31. The molecule has 3 atom stereocenters. The first-order chi connectivity index (χ1) is 17.2. The third-order valence-electron chi connectivity index (χ3n) is 9.08. The van der Waals surface area contributed by atoms with Crippen LogP contribution in [-0.2, 0) is 22.4 Å². The van der Waals surface area contributed by atoms with Crippen LogP contribution in [0.1, 0.15) is 144 Å². The van der Waals surface area contributed by atoms with Crippen molar-refractivity contribution in [3.63, 3.8) is 0 Å². The van der Waals surface area contributed by atoms with Gasteiger partial charge in [0.15, 0.2) is 5.78 Å². The van der Waals surface area contributed by atoms with E-state index in [0.717, 1.165) is 50.0 Å². The summed E-state index contributed by atoms with van der Waals surface area (Å²) in [6, 6.07) is 2.44. The third-order valence-corrected chi connectivity index (χ3v) is 9.08. The number of rotatable bonds is 12. The molecule has 3 heteroatoms. The van der Waals surface area contributed by atoms with E-state index < -0.39 is 0 Å². The number of benzene rings is 1. The Labute approximate surface area is 220 Å². The van der Waals surface area contributed by atoms with Crippen molar-refractivity contribution in [1.82, 2.24) is 0 Å². The predicted octanol–water partition coefficient (Wildman–Crippen LogP) is 8.37. The zero-order valence-corrected chi connectivity index (χ0v) is 23.9. The summed E-state index contributed by atoms with van der Waals surface area (Å²) in [4.78, 5) is 38.2. The maximum Gasteiger partial charge on any atom is 0.163 e. The molecule has 200 valence electrons. The number of hydrogen-bond donors (Lipinski definition) is 0. The summed E-state index contributed by atoms with van der Waals surface area (Å²) in [5, 5.41) is 0. The Hall–Kier alpha value is -1.77. The van der Waals surface area contributed by atoms with Crippen molar-refractivity contribution in [1.29, 1.82) is 0 Å². The molecule has 1 aromatic carbocycles. The van der Waals surface area contributed by atoms with E-state index in [1.54, 1.807) is 0 Å². The molecule has 0 amide bonds. The van der Waals surface area contributed by atoms with E-state index in [2.05, 4.69) is 40.7 Å². The van der Waals surface area contributed by atoms with Crippen molar-refractivity contribution in [3.05, 3.63) is 33.9 Å². The summed E-state index contributed by atoms with van der Waals surface area (Å²) in [6.07, 6.45) is 13.1. The SMILES string of the molecule is CCCC(CC1CC(=O)c2c(C)c(CC3CCCCC3)cc(C(C)C)c2C1)C(CC)C(=O)CC(C)=O. The van der Waals surface area contributed by atoms with E-state index in [-0.39, 0.29) is 35.7 Å². The van der Waals surface area contributed by atoms with Gasteiger partial charge >= 0.3 is 0 Å². The molecule has 0 bridgehead atoms. The minimum absolute atomic E-state index is 0.0449. The van der Waals surface area contributed by atoms with E-state index in [4.69, 9.17) is 0 Å². The van der Waals surface area contributed by atoms with Gasteiger partial charge in [0.25, 0.3) is 0 Å². The van der Waals surface area contributed by atoms with Gasteiger partial charge in [0.05, 0.1) is 6.42 Å². The Morgan fingerprint density at radius 3 is 2.31 bits per heavy atom. The zero-order chi connectivity index (χ0) is 26.4. The smallest absolute Gasteiger partial charge is 0.163 e. The lowest BCUT2D eigenvalue weighted by atomic mass is 9.70. The van der Waals surface area contributed by atoms with Crippen molar-refractivity contribution in [2.45, 2.75) is 131 Å². The van der Waals surface area contributed by atoms with Crippen LogP contribution in [0.4, 0.5) is 0 Å². The highest BCUT2D eigenvalue weighted by Crippen LogP contribution is 2.41. The summed E-state index contributed by atoms with van der Waals surface area (Å²) in [6.45, 7) is 12.5. The zero-order valence-electron chi connectivity index (χ0n) is 23.9. The minimum Gasteiger partial charge on any atom is -0.300 e. The number of carbonyl (C=O) groups excluding carboxylic acids is 3. The molecule has 1 fully saturated rings. The fourth-order valence-corrected chi connectivity index (χ4v) is 7.32. The van der Waals surface area contributed by atoms with Crippen molar-refractivity contribution in [2.75, 3.05) is 0 Å². The van der Waals surface area contributed by atoms with Crippen LogP contribution in [0.5, 0.6) is 0 Å². The molecule has 0 aliphatic heterocycles. The third kappa shape index (κ3) is 6.95. The molecule has 3 unspecified atom stereocenters. The molecule has 0 aromatic heterocycles. The van der Waals surface area contributed by atoms with Crippen LogP contribution < -0.4 is 0 Å². The normalized spacial score (nSPS) is 20.3. The van der Waals surface area contributed by atoms with Gasteiger partial charge < -0.3 is 0 Å². The van der Waals surface area contributed by atoms with Crippen molar-refractivity contribution < 1.29 is 14.4 Å². The molecule has 0 saturated heterocycles. The van der Waals surface area contributed by atoms with E-state index in [1.165, 1.54) is 61.3 Å². The van der Waals surface area contributed by atoms with Gasteiger partial charge in [0, 0.05) is 17.9 Å². The monoisotopic (exact) mass is 494 g/mol. The van der Waals surface area contributed by atoms with Crippen molar-refractivity contribution in [2.24, 2.45) is 23.7 Å². The van der Waals surface area contributed by atoms with Gasteiger partial charge in [-0.05, 0) is 85.5 Å². The summed E-state index contributed by atoms with van der Waals surface area (Å²) in [7, 11) is 0. The second-order valence-electron chi connectivity index (χ2n) is 12.3. The molecule has 2 aliphatic rings. The van der Waals surface area contributed by atoms with Crippen molar-refractivity contribution in [3.8, 4) is 0 Å². The highest BCUT2D eigenvalue weighted by molar-refractivity contribution is 6.01. The summed E-state index contributed by atoms with van der Waals surface area (Å²) >= 11 is 0. The molecule has 2 aliphatic carbocycles. The molecular formula is C33H50O3. The molecule has 3 nitrogen and oxygen atoms in total. The molecule has 0 heterocycles. The van der Waals surface area contributed by atoms with Crippen LogP contribution in [-0.4, -0.2) is 17.3 Å². The lowest BCUT2D eigenvalue weighted by Crippen LogP contribution is -2.30. The highest BCUT2D eigenvalue weighted by Gasteiger charge is 2.35. The lowest BCUT2D eigenvalue weighted by Gasteiger charge is -2.34. The second kappa shape index (κ2) is 13.2. The molecule has 1 aromatic rings. The largest absolute Gasteiger partial charge is 0.300 e. The van der Waals surface area contributed by atoms with Gasteiger partial charge in [-0.2, -0.15) is 0 Å². The van der Waals surface area contributed by atoms with Gasteiger partial charge in [-0.3, -0.25) is 14.4 Å². The standard InChI is InChI=1S/C33H50O3/c1-7-12-26(28(8-2)31(35)15-22(5)34)17-25-18-30-29(21(3)4)20-27(16-24-13-10-9-11-14-24)23(6)33(30)32(36)19-25/h20-21,24-26,28H,7-19H2,1-6H3. The van der Waals surface area contributed by atoms with Gasteiger partial charge in [0.1, 0.15) is 11.6 Å². The Balaban J connectivity index is 1.87. The molecular weight excluding hydrogens is 444 g/mol. The lowest BCUT2D eigenvalue weighted by molar-refractivity contribution is -0.129. The van der Waals surface area contributed by atoms with Crippen LogP contribution in [0.15, 0.2) is 6.07 Å². The first-order valence-electron chi connectivity index (χ1n) is 14.9. The van der Waals surface area contributed by atoms with Gasteiger partial charge in [-0.1, -0.05) is 78.7 Å².